The first-order valence-corrected chi connectivity index (χ1v) is 18.2. The predicted molar refractivity (Wildman–Crippen MR) is 196 cm³/mol. The number of aliphatic hydroxyl groups excluding tert-OH is 1. The molecule has 9 heteroatoms. The Kier molecular flexibility index (Phi) is 10.0. The maximum absolute atomic E-state index is 15.3. The number of carbonyl (C=O) groups is 3. The lowest BCUT2D eigenvalue weighted by atomic mass is 9.70. The van der Waals surface area contributed by atoms with E-state index in [2.05, 4.69) is 29.1 Å². The van der Waals surface area contributed by atoms with Crippen LogP contribution < -0.4 is 4.90 Å². The number of nitrogens with zero attached hydrogens (tertiary/aromatic N) is 3. The third kappa shape index (κ3) is 5.84. The van der Waals surface area contributed by atoms with E-state index in [1.165, 1.54) is 0 Å². The number of hydrogen-bond donors (Lipinski definition) is 1. The van der Waals surface area contributed by atoms with Crippen LogP contribution in [0.15, 0.2) is 104 Å². The minimum Gasteiger partial charge on any atom is -0.394 e. The smallest absolute Gasteiger partial charge is 0.251 e. The predicted octanol–water partition coefficient (Wildman–Crippen LogP) is 6.24. The van der Waals surface area contributed by atoms with Crippen molar-refractivity contribution in [2.45, 2.75) is 53.7 Å². The molecule has 48 heavy (non-hydrogen) atoms. The number of carbonyl (C=O) groups excluding carboxylic acids is 3. The highest BCUT2D eigenvalue weighted by atomic mass is 79.9. The lowest BCUT2D eigenvalue weighted by molar-refractivity contribution is -0.145. The number of aryl methyl sites for hydroxylation is 2. The van der Waals surface area contributed by atoms with Crippen LogP contribution in [-0.4, -0.2) is 73.2 Å². The molecule has 3 aromatic carbocycles. The molecule has 3 heterocycles. The van der Waals surface area contributed by atoms with E-state index in [9.17, 15) is 9.90 Å². The summed E-state index contributed by atoms with van der Waals surface area (Å²) in [6.45, 7) is 12.4. The molecule has 0 aromatic heterocycles. The van der Waals surface area contributed by atoms with Gasteiger partial charge in [0.25, 0.3) is 5.91 Å². The summed E-state index contributed by atoms with van der Waals surface area (Å²) in [5.41, 5.74) is 4.42. The Bertz CT molecular complexity index is 1700. The summed E-state index contributed by atoms with van der Waals surface area (Å²) in [7, 11) is 0. The molecule has 3 unspecified atom stereocenters. The number of likely N-dealkylation sites (tertiary alicyclic amines) is 1. The number of thioether (sulfide) groups is 1. The van der Waals surface area contributed by atoms with Crippen molar-refractivity contribution in [3.8, 4) is 0 Å². The van der Waals surface area contributed by atoms with Crippen molar-refractivity contribution < 1.29 is 19.5 Å². The third-order valence-corrected chi connectivity index (χ3v) is 13.3. The fourth-order valence-corrected chi connectivity index (χ4v) is 11.6. The van der Waals surface area contributed by atoms with Crippen LogP contribution in [0.2, 0.25) is 0 Å². The fourth-order valence-electron chi connectivity index (χ4n) is 7.99. The van der Waals surface area contributed by atoms with E-state index in [0.717, 1.165) is 27.9 Å². The average Bonchev–Trinajstić information content (AvgIpc) is 3.69. The van der Waals surface area contributed by atoms with E-state index in [4.69, 9.17) is 0 Å². The van der Waals surface area contributed by atoms with E-state index >= 15 is 9.59 Å². The molecule has 3 amide bonds. The van der Waals surface area contributed by atoms with Crippen molar-refractivity contribution in [2.75, 3.05) is 24.6 Å². The maximum Gasteiger partial charge on any atom is 0.251 e. The third-order valence-electron chi connectivity index (χ3n) is 10.0. The zero-order valence-corrected chi connectivity index (χ0v) is 29.8. The number of hydrogen-bond acceptors (Lipinski definition) is 5. The topological polar surface area (TPSA) is 81.2 Å². The Hall–Kier alpha value is -3.66. The van der Waals surface area contributed by atoms with Crippen LogP contribution in [-0.2, 0) is 20.9 Å². The number of rotatable bonds is 12. The standard InChI is InChI=1S/C39H42BrN3O4S/c1-5-19-41(23-27-13-9-7-10-14-27)36(45)32-33-37(46)43(31(24-44)28-15-11-8-12-16-28)35(39(33)22-29(40)34(32)48-39)38(47)42(20-6-2)30-21-25(3)17-18-26(30)4/h5-18,21,29,31-35,44H,1-2,19-20,22-24H2,3-4H3/t29?,31-,32+,33+,34+,35?,39?/m1/s1. The lowest BCUT2D eigenvalue weighted by Gasteiger charge is -2.40. The average molecular weight is 729 g/mol. The summed E-state index contributed by atoms with van der Waals surface area (Å²) in [4.78, 5) is 50.1. The van der Waals surface area contributed by atoms with Gasteiger partial charge in [-0.1, -0.05) is 101 Å². The Morgan fingerprint density at radius 1 is 1.02 bits per heavy atom. The molecule has 3 aliphatic heterocycles. The van der Waals surface area contributed by atoms with Crippen molar-refractivity contribution in [1.29, 1.82) is 0 Å². The monoisotopic (exact) mass is 727 g/mol. The fraction of sp³-hybridized carbons (Fsp3) is 0.359. The number of aliphatic hydroxyl groups is 1. The molecule has 0 radical (unpaired) electrons. The van der Waals surface area contributed by atoms with E-state index in [-0.39, 0.29) is 41.0 Å². The number of anilines is 1. The van der Waals surface area contributed by atoms with Crippen molar-refractivity contribution in [3.63, 3.8) is 0 Å². The van der Waals surface area contributed by atoms with Crippen LogP contribution in [0.4, 0.5) is 5.69 Å². The van der Waals surface area contributed by atoms with Crippen LogP contribution in [0.1, 0.15) is 34.7 Å². The molecule has 3 fully saturated rings. The number of halogens is 1. The SMILES string of the molecule is C=CCN(Cc1ccccc1)C(=O)[C@H]1[C@H]2C(=O)N([C@H](CO)c3ccccc3)C(C(=O)N(CC=C)c3cc(C)ccc3C)C23CC(Br)[C@@H]1S3. The van der Waals surface area contributed by atoms with Gasteiger partial charge in [-0.15, -0.1) is 24.9 Å². The first kappa shape index (κ1) is 34.2. The van der Waals surface area contributed by atoms with Crippen molar-refractivity contribution in [2.24, 2.45) is 11.8 Å². The van der Waals surface area contributed by atoms with Gasteiger partial charge in [0, 0.05) is 35.4 Å². The molecule has 2 bridgehead atoms. The van der Waals surface area contributed by atoms with Crippen LogP contribution in [0.3, 0.4) is 0 Å². The summed E-state index contributed by atoms with van der Waals surface area (Å²) in [5.74, 6) is -2.02. The van der Waals surface area contributed by atoms with Crippen molar-refractivity contribution >= 4 is 51.1 Å². The number of amides is 3. The molecule has 3 aliphatic rings. The van der Waals surface area contributed by atoms with Gasteiger partial charge in [0.1, 0.15) is 6.04 Å². The summed E-state index contributed by atoms with van der Waals surface area (Å²) in [5, 5.41) is 10.7. The Morgan fingerprint density at radius 3 is 2.33 bits per heavy atom. The summed E-state index contributed by atoms with van der Waals surface area (Å²) < 4.78 is -0.890. The van der Waals surface area contributed by atoms with Gasteiger partial charge in [-0.2, -0.15) is 0 Å². The van der Waals surface area contributed by atoms with Gasteiger partial charge in [-0.3, -0.25) is 14.4 Å². The van der Waals surface area contributed by atoms with E-state index < -0.39 is 28.7 Å². The highest BCUT2D eigenvalue weighted by Crippen LogP contribution is 2.69. The largest absolute Gasteiger partial charge is 0.394 e. The van der Waals surface area contributed by atoms with E-state index in [0.29, 0.717) is 19.5 Å². The van der Waals surface area contributed by atoms with Crippen LogP contribution in [0.25, 0.3) is 0 Å². The van der Waals surface area contributed by atoms with E-state index in [1.54, 1.807) is 38.6 Å². The molecule has 3 saturated heterocycles. The zero-order valence-electron chi connectivity index (χ0n) is 27.4. The van der Waals surface area contributed by atoms with Gasteiger partial charge in [-0.05, 0) is 48.6 Å². The molecule has 7 atom stereocenters. The summed E-state index contributed by atoms with van der Waals surface area (Å²) >= 11 is 5.51. The van der Waals surface area contributed by atoms with Crippen molar-refractivity contribution in [3.05, 3.63) is 126 Å². The van der Waals surface area contributed by atoms with Gasteiger partial charge in [0.2, 0.25) is 11.8 Å². The Morgan fingerprint density at radius 2 is 1.69 bits per heavy atom. The molecule has 250 valence electrons. The van der Waals surface area contributed by atoms with Crippen molar-refractivity contribution in [1.82, 2.24) is 9.80 Å². The molecular weight excluding hydrogens is 686 g/mol. The van der Waals surface area contributed by atoms with Crippen LogP contribution in [0.5, 0.6) is 0 Å². The highest BCUT2D eigenvalue weighted by molar-refractivity contribution is 9.09. The first-order valence-electron chi connectivity index (χ1n) is 16.4. The Labute approximate surface area is 295 Å². The quantitative estimate of drug-likeness (QED) is 0.177. The number of benzene rings is 3. The van der Waals surface area contributed by atoms with Crippen LogP contribution >= 0.6 is 27.7 Å². The molecule has 0 saturated carbocycles. The minimum absolute atomic E-state index is 0.0871. The highest BCUT2D eigenvalue weighted by Gasteiger charge is 2.76. The molecule has 1 N–H and O–H groups in total. The maximum atomic E-state index is 15.3. The molecule has 1 spiro atoms. The number of fused-ring (bicyclic) bond motifs is 1. The summed E-state index contributed by atoms with van der Waals surface area (Å²) in [6.07, 6.45) is 3.95. The molecule has 6 rings (SSSR count). The molecule has 3 aromatic rings. The molecular formula is C39H42BrN3O4S. The lowest BCUT2D eigenvalue weighted by Crippen LogP contribution is -2.56. The second kappa shape index (κ2) is 14.1. The van der Waals surface area contributed by atoms with Gasteiger partial charge >= 0.3 is 0 Å². The normalized spacial score (nSPS) is 26.2. The van der Waals surface area contributed by atoms with Gasteiger partial charge < -0.3 is 19.8 Å². The van der Waals surface area contributed by atoms with E-state index in [1.807, 2.05) is 92.7 Å². The number of alkyl halides is 1. The second-order valence-electron chi connectivity index (χ2n) is 13.0. The van der Waals surface area contributed by atoms with Gasteiger partial charge in [-0.25, -0.2) is 0 Å². The second-order valence-corrected chi connectivity index (χ2v) is 15.8. The van der Waals surface area contributed by atoms with Crippen LogP contribution in [0, 0.1) is 25.7 Å². The first-order chi connectivity index (χ1) is 23.2. The minimum atomic E-state index is -0.929. The Balaban J connectivity index is 1.48. The summed E-state index contributed by atoms with van der Waals surface area (Å²) in [6, 6.07) is 23.5. The molecule has 0 aliphatic carbocycles. The molecule has 7 nitrogen and oxygen atoms in total. The van der Waals surface area contributed by atoms with Gasteiger partial charge in [0.05, 0.1) is 29.2 Å². The van der Waals surface area contributed by atoms with Gasteiger partial charge in [0.15, 0.2) is 0 Å². The zero-order chi connectivity index (χ0) is 34.2.